The molecule has 0 fully saturated rings. The molecule has 0 radical (unpaired) electrons. The second-order valence-electron chi connectivity index (χ2n) is 9.58. The summed E-state index contributed by atoms with van der Waals surface area (Å²) < 4.78 is 6.45. The molecule has 3 atom stereocenters. The highest BCUT2D eigenvalue weighted by atomic mass is 16.5. The molecule has 0 saturated carbocycles. The fourth-order valence-electron chi connectivity index (χ4n) is 4.40. The van der Waals surface area contributed by atoms with E-state index in [1.807, 2.05) is 26.1 Å². The van der Waals surface area contributed by atoms with Crippen molar-refractivity contribution in [2.24, 2.45) is 5.92 Å². The molecule has 0 unspecified atom stereocenters. The third-order valence-electron chi connectivity index (χ3n) is 6.56. The highest BCUT2D eigenvalue weighted by Gasteiger charge is 2.33. The van der Waals surface area contributed by atoms with Gasteiger partial charge in [0.05, 0.1) is 18.2 Å². The Balaban J connectivity index is 1.60. The number of hydrogen-bond donors (Lipinski definition) is 2. The number of fused-ring (bicyclic) bond motifs is 1. The Hall–Kier alpha value is -3.82. The first-order valence-corrected chi connectivity index (χ1v) is 12.4. The van der Waals surface area contributed by atoms with Crippen LogP contribution in [0.4, 0.5) is 5.69 Å². The van der Waals surface area contributed by atoms with Crippen LogP contribution in [0.15, 0.2) is 67.3 Å². The summed E-state index contributed by atoms with van der Waals surface area (Å²) in [5, 5.41) is 12.7. The van der Waals surface area contributed by atoms with Gasteiger partial charge >= 0.3 is 0 Å². The molecule has 194 valence electrons. The van der Waals surface area contributed by atoms with E-state index in [4.69, 9.17) is 4.74 Å². The van der Waals surface area contributed by atoms with E-state index >= 15 is 0 Å². The molecule has 2 aromatic heterocycles. The number of likely N-dealkylation sites (N-methyl/N-ethyl adjacent to an activating group) is 1. The van der Waals surface area contributed by atoms with E-state index in [0.29, 0.717) is 35.7 Å². The van der Waals surface area contributed by atoms with Crippen molar-refractivity contribution >= 4 is 17.5 Å². The van der Waals surface area contributed by atoms with Gasteiger partial charge in [0.15, 0.2) is 0 Å². The summed E-state index contributed by atoms with van der Waals surface area (Å²) in [6.07, 6.45) is 6.45. The fraction of sp³-hybridized carbons (Fsp3) is 0.357. The van der Waals surface area contributed by atoms with Gasteiger partial charge in [0.1, 0.15) is 11.9 Å². The van der Waals surface area contributed by atoms with Crippen LogP contribution in [0.1, 0.15) is 40.1 Å². The third kappa shape index (κ3) is 6.49. The lowest BCUT2D eigenvalue weighted by Crippen LogP contribution is -2.49. The van der Waals surface area contributed by atoms with E-state index in [0.717, 1.165) is 12.1 Å². The maximum absolute atomic E-state index is 13.6. The van der Waals surface area contributed by atoms with Gasteiger partial charge in [-0.1, -0.05) is 6.92 Å². The molecule has 3 heterocycles. The molecule has 1 aromatic carbocycles. The van der Waals surface area contributed by atoms with Crippen LogP contribution < -0.4 is 10.1 Å². The van der Waals surface area contributed by atoms with Crippen LogP contribution >= 0.6 is 0 Å². The summed E-state index contributed by atoms with van der Waals surface area (Å²) >= 11 is 0. The number of amides is 2. The van der Waals surface area contributed by atoms with Crippen molar-refractivity contribution in [2.45, 2.75) is 32.5 Å². The standard InChI is InChI=1S/C28H33N5O4/c1-19-15-33(20(2)18-34)28(36)24-14-23(31-27(35)22-8-12-30-13-9-22)4-5-25(24)37-26(19)17-32(3)16-21-6-10-29-11-7-21/h4-14,19-20,26,34H,15-18H2,1-3H3,(H,31,35)/t19-,20-,26-/m1/s1. The molecule has 37 heavy (non-hydrogen) atoms. The van der Waals surface area contributed by atoms with Crippen LogP contribution in [0.3, 0.4) is 0 Å². The largest absolute Gasteiger partial charge is 0.488 e. The van der Waals surface area contributed by atoms with Crippen molar-refractivity contribution in [3.8, 4) is 5.75 Å². The number of ether oxygens (including phenoxy) is 1. The quantitative estimate of drug-likeness (QED) is 0.486. The minimum Gasteiger partial charge on any atom is -0.488 e. The van der Waals surface area contributed by atoms with Gasteiger partial charge in [-0.15, -0.1) is 0 Å². The summed E-state index contributed by atoms with van der Waals surface area (Å²) in [5.74, 6) is -0.0775. The zero-order chi connectivity index (χ0) is 26.4. The van der Waals surface area contributed by atoms with Crippen molar-refractivity contribution in [1.29, 1.82) is 0 Å². The third-order valence-corrected chi connectivity index (χ3v) is 6.56. The van der Waals surface area contributed by atoms with Gasteiger partial charge < -0.3 is 20.1 Å². The Kier molecular flexibility index (Phi) is 8.47. The van der Waals surface area contributed by atoms with E-state index < -0.39 is 0 Å². The number of hydrogen-bond acceptors (Lipinski definition) is 7. The first-order valence-electron chi connectivity index (χ1n) is 12.4. The summed E-state index contributed by atoms with van der Waals surface area (Å²) in [5.41, 5.74) is 2.44. The molecular weight excluding hydrogens is 470 g/mol. The van der Waals surface area contributed by atoms with Crippen molar-refractivity contribution < 1.29 is 19.4 Å². The number of nitrogens with zero attached hydrogens (tertiary/aromatic N) is 4. The Labute approximate surface area is 217 Å². The van der Waals surface area contributed by atoms with Gasteiger partial charge in [-0.3, -0.25) is 24.5 Å². The molecule has 0 bridgehead atoms. The molecule has 3 aromatic rings. The van der Waals surface area contributed by atoms with Gasteiger partial charge in [0.25, 0.3) is 11.8 Å². The van der Waals surface area contributed by atoms with Crippen LogP contribution in [-0.4, -0.2) is 75.6 Å². The summed E-state index contributed by atoms with van der Waals surface area (Å²) in [6, 6.07) is 11.9. The van der Waals surface area contributed by atoms with Gasteiger partial charge in [-0.2, -0.15) is 0 Å². The first-order chi connectivity index (χ1) is 17.9. The smallest absolute Gasteiger partial charge is 0.258 e. The number of carbonyl (C=O) groups excluding carboxylic acids is 2. The predicted octanol–water partition coefficient (Wildman–Crippen LogP) is 3.08. The highest BCUT2D eigenvalue weighted by molar-refractivity contribution is 6.05. The van der Waals surface area contributed by atoms with Crippen molar-refractivity contribution in [2.75, 3.05) is 32.1 Å². The average molecular weight is 504 g/mol. The zero-order valence-corrected chi connectivity index (χ0v) is 21.4. The van der Waals surface area contributed by atoms with Crippen LogP contribution in [0.25, 0.3) is 0 Å². The summed E-state index contributed by atoms with van der Waals surface area (Å²) in [4.78, 5) is 38.2. The van der Waals surface area contributed by atoms with Crippen LogP contribution in [0.2, 0.25) is 0 Å². The number of aliphatic hydroxyl groups is 1. The molecule has 9 heteroatoms. The average Bonchev–Trinajstić information content (AvgIpc) is 2.91. The molecule has 1 aliphatic heterocycles. The normalized spacial score (nSPS) is 18.4. The molecule has 2 N–H and O–H groups in total. The maximum atomic E-state index is 13.6. The summed E-state index contributed by atoms with van der Waals surface area (Å²) in [7, 11) is 2.03. The first kappa shape index (κ1) is 26.2. The summed E-state index contributed by atoms with van der Waals surface area (Å²) in [6.45, 7) is 5.54. The molecule has 1 aliphatic rings. The van der Waals surface area contributed by atoms with Gasteiger partial charge in [0.2, 0.25) is 0 Å². The number of pyridine rings is 2. The number of benzene rings is 1. The number of aliphatic hydroxyl groups excluding tert-OH is 1. The van der Waals surface area contributed by atoms with E-state index in [1.54, 1.807) is 60.0 Å². The second-order valence-corrected chi connectivity index (χ2v) is 9.58. The van der Waals surface area contributed by atoms with Crippen LogP contribution in [-0.2, 0) is 6.54 Å². The van der Waals surface area contributed by atoms with Crippen molar-refractivity contribution in [3.05, 3.63) is 83.9 Å². The Bertz CT molecular complexity index is 1210. The Morgan fingerprint density at radius 3 is 2.51 bits per heavy atom. The lowest BCUT2D eigenvalue weighted by atomic mass is 9.99. The predicted molar refractivity (Wildman–Crippen MR) is 140 cm³/mol. The number of anilines is 1. The zero-order valence-electron chi connectivity index (χ0n) is 21.4. The minimum absolute atomic E-state index is 0.0112. The van der Waals surface area contributed by atoms with Gasteiger partial charge in [0, 0.05) is 61.6 Å². The van der Waals surface area contributed by atoms with Crippen molar-refractivity contribution in [3.63, 3.8) is 0 Å². The molecule has 0 spiro atoms. The fourth-order valence-corrected chi connectivity index (χ4v) is 4.40. The Morgan fingerprint density at radius 2 is 1.84 bits per heavy atom. The van der Waals surface area contributed by atoms with Gasteiger partial charge in [-0.05, 0) is 62.0 Å². The minimum atomic E-state index is -0.369. The van der Waals surface area contributed by atoms with Gasteiger partial charge in [-0.25, -0.2) is 0 Å². The molecule has 4 rings (SSSR count). The second kappa shape index (κ2) is 11.9. The molecule has 2 amide bonds. The lowest BCUT2D eigenvalue weighted by molar-refractivity contribution is 0.0341. The maximum Gasteiger partial charge on any atom is 0.258 e. The van der Waals surface area contributed by atoms with E-state index in [9.17, 15) is 14.7 Å². The molecule has 9 nitrogen and oxygen atoms in total. The topological polar surface area (TPSA) is 108 Å². The number of aromatic nitrogens is 2. The molecule has 0 saturated heterocycles. The lowest BCUT2D eigenvalue weighted by Gasteiger charge is -2.38. The molecular formula is C28H33N5O4. The SMILES string of the molecule is C[C@@H]1CN([C@H](C)CO)C(=O)c2cc(NC(=O)c3ccncc3)ccc2O[C@@H]1CN(C)Cc1ccncc1. The monoisotopic (exact) mass is 503 g/mol. The molecule has 0 aliphatic carbocycles. The van der Waals surface area contributed by atoms with Crippen molar-refractivity contribution in [1.82, 2.24) is 19.8 Å². The Morgan fingerprint density at radius 1 is 1.16 bits per heavy atom. The number of carbonyl (C=O) groups is 2. The van der Waals surface area contributed by atoms with Crippen LogP contribution in [0, 0.1) is 5.92 Å². The van der Waals surface area contributed by atoms with E-state index in [1.165, 1.54) is 0 Å². The van der Waals surface area contributed by atoms with E-state index in [2.05, 4.69) is 27.1 Å². The van der Waals surface area contributed by atoms with E-state index in [-0.39, 0.29) is 36.5 Å². The highest BCUT2D eigenvalue weighted by Crippen LogP contribution is 2.31. The van der Waals surface area contributed by atoms with Crippen LogP contribution in [0.5, 0.6) is 5.75 Å². The number of rotatable bonds is 8. The number of nitrogens with one attached hydrogen (secondary N) is 1.